The Kier molecular flexibility index (Phi) is 7.77. The van der Waals surface area contributed by atoms with Crippen molar-refractivity contribution >= 4 is 11.9 Å². The summed E-state index contributed by atoms with van der Waals surface area (Å²) in [5.74, 6) is -1.24. The standard InChI is InChI=1S/C30H40O6/c1-17-7-6-8-18(2)13-26-30(25(32)12-17,16-27(33)36-26)15-22-10-9-19(3)11-23(31)28-21(5)29(34)35-24(28)14-20(22)4/h8,11-12,14,22-26,28,31-32H,5-7,9-10,13,15-16H2,1-4H3/b17-12+,18-8+,19-11-,20-14?/t22-,23-,24+,25-,26-,28-,30-/m1/s1. The zero-order valence-electron chi connectivity index (χ0n) is 22.0. The Morgan fingerprint density at radius 1 is 1.00 bits per heavy atom. The van der Waals surface area contributed by atoms with Gasteiger partial charge in [0.15, 0.2) is 0 Å². The second kappa shape index (κ2) is 10.5. The summed E-state index contributed by atoms with van der Waals surface area (Å²) in [4.78, 5) is 25.0. The van der Waals surface area contributed by atoms with Crippen LogP contribution in [-0.2, 0) is 19.1 Å². The highest BCUT2D eigenvalue weighted by Gasteiger charge is 2.54. The van der Waals surface area contributed by atoms with E-state index in [4.69, 9.17) is 9.47 Å². The molecule has 0 radical (unpaired) electrons. The molecule has 0 unspecified atom stereocenters. The quantitative estimate of drug-likeness (QED) is 0.322. The molecule has 6 heteroatoms. The molecule has 2 aliphatic carbocycles. The molecule has 6 nitrogen and oxygen atoms in total. The molecule has 2 fully saturated rings. The maximum atomic E-state index is 12.7. The van der Waals surface area contributed by atoms with E-state index in [1.54, 1.807) is 6.08 Å². The largest absolute Gasteiger partial charge is 0.461 e. The fourth-order valence-electron chi connectivity index (χ4n) is 6.38. The summed E-state index contributed by atoms with van der Waals surface area (Å²) in [5.41, 5.74) is 3.88. The van der Waals surface area contributed by atoms with Crippen LogP contribution in [-0.4, -0.2) is 46.6 Å². The number of carbonyl (C=O) groups is 2. The molecule has 2 heterocycles. The Hall–Kier alpha value is -2.44. The van der Waals surface area contributed by atoms with E-state index in [-0.39, 0.29) is 23.9 Å². The Balaban J connectivity index is 1.73. The lowest BCUT2D eigenvalue weighted by molar-refractivity contribution is -0.142. The molecule has 2 saturated heterocycles. The van der Waals surface area contributed by atoms with Crippen molar-refractivity contribution in [2.45, 2.75) is 97.1 Å². The second-order valence-electron chi connectivity index (χ2n) is 11.4. The first-order chi connectivity index (χ1) is 17.0. The van der Waals surface area contributed by atoms with Crippen molar-refractivity contribution in [1.29, 1.82) is 0 Å². The summed E-state index contributed by atoms with van der Waals surface area (Å²) in [6.45, 7) is 12.0. The lowest BCUT2D eigenvalue weighted by Crippen LogP contribution is -2.43. The number of fused-ring (bicyclic) bond motifs is 2. The average molecular weight is 497 g/mol. The van der Waals surface area contributed by atoms with E-state index in [1.165, 1.54) is 5.57 Å². The summed E-state index contributed by atoms with van der Waals surface area (Å²) in [5, 5.41) is 22.4. The molecule has 2 N–H and O–H groups in total. The summed E-state index contributed by atoms with van der Waals surface area (Å²) in [6.07, 6.45) is 9.89. The number of hydrogen-bond acceptors (Lipinski definition) is 6. The van der Waals surface area contributed by atoms with Gasteiger partial charge in [0.25, 0.3) is 0 Å². The molecule has 0 aromatic rings. The molecule has 0 aromatic carbocycles. The van der Waals surface area contributed by atoms with Crippen molar-refractivity contribution in [1.82, 2.24) is 0 Å². The van der Waals surface area contributed by atoms with E-state index in [9.17, 15) is 19.8 Å². The van der Waals surface area contributed by atoms with Gasteiger partial charge in [-0.3, -0.25) is 4.79 Å². The fraction of sp³-hybridized carbons (Fsp3) is 0.600. The monoisotopic (exact) mass is 496 g/mol. The van der Waals surface area contributed by atoms with Crippen molar-refractivity contribution in [3.63, 3.8) is 0 Å². The number of ether oxygens (including phenoxy) is 2. The second-order valence-corrected chi connectivity index (χ2v) is 11.4. The van der Waals surface area contributed by atoms with Gasteiger partial charge in [0.1, 0.15) is 12.2 Å². The van der Waals surface area contributed by atoms with Crippen LogP contribution in [0.4, 0.5) is 0 Å². The third-order valence-corrected chi connectivity index (χ3v) is 8.63. The molecule has 0 amide bonds. The highest BCUT2D eigenvalue weighted by Crippen LogP contribution is 2.50. The van der Waals surface area contributed by atoms with Crippen LogP contribution < -0.4 is 0 Å². The highest BCUT2D eigenvalue weighted by molar-refractivity contribution is 5.91. The maximum Gasteiger partial charge on any atom is 0.334 e. The topological polar surface area (TPSA) is 93.1 Å². The van der Waals surface area contributed by atoms with Gasteiger partial charge in [0, 0.05) is 17.4 Å². The van der Waals surface area contributed by atoms with Crippen LogP contribution in [0.3, 0.4) is 0 Å². The Morgan fingerprint density at radius 3 is 2.47 bits per heavy atom. The molecule has 0 aromatic heterocycles. The summed E-state index contributed by atoms with van der Waals surface area (Å²) in [7, 11) is 0. The van der Waals surface area contributed by atoms with Gasteiger partial charge in [-0.05, 0) is 71.8 Å². The Morgan fingerprint density at radius 2 is 1.72 bits per heavy atom. The number of hydrogen-bond donors (Lipinski definition) is 2. The summed E-state index contributed by atoms with van der Waals surface area (Å²) < 4.78 is 11.5. The molecule has 0 saturated carbocycles. The van der Waals surface area contributed by atoms with Gasteiger partial charge < -0.3 is 19.7 Å². The molecular formula is C30H40O6. The van der Waals surface area contributed by atoms with Crippen LogP contribution in [0.15, 0.2) is 58.7 Å². The molecule has 196 valence electrons. The van der Waals surface area contributed by atoms with Gasteiger partial charge in [-0.1, -0.05) is 47.1 Å². The minimum Gasteiger partial charge on any atom is -0.461 e. The Labute approximate surface area is 214 Å². The first-order valence-corrected chi connectivity index (χ1v) is 13.1. The van der Waals surface area contributed by atoms with Crippen LogP contribution in [0.25, 0.3) is 0 Å². The molecule has 0 spiro atoms. The lowest BCUT2D eigenvalue weighted by atomic mass is 9.65. The van der Waals surface area contributed by atoms with Crippen LogP contribution in [0.2, 0.25) is 0 Å². The SMILES string of the molecule is C=C1C(=O)O[C@H]2C=C(C)[C@@H](C[C@]34CC(=O)O[C@@H]3C/C(C)=C/CC/C(C)=C/[C@H]4O)CC/C(C)=C\[C@@H](O)[C@@H]12. The van der Waals surface area contributed by atoms with Crippen LogP contribution in [0, 0.1) is 17.3 Å². The highest BCUT2D eigenvalue weighted by atomic mass is 16.6. The number of allylic oxidation sites excluding steroid dienone is 4. The molecule has 0 bridgehead atoms. The molecule has 2 aliphatic heterocycles. The first-order valence-electron chi connectivity index (χ1n) is 13.1. The van der Waals surface area contributed by atoms with Crippen molar-refractivity contribution in [3.8, 4) is 0 Å². The molecule has 4 rings (SSSR count). The van der Waals surface area contributed by atoms with Gasteiger partial charge in [-0.15, -0.1) is 0 Å². The van der Waals surface area contributed by atoms with Gasteiger partial charge in [-0.2, -0.15) is 0 Å². The normalized spacial score (nSPS) is 42.3. The van der Waals surface area contributed by atoms with E-state index >= 15 is 0 Å². The minimum absolute atomic E-state index is 0.0318. The minimum atomic E-state index is -0.846. The zero-order valence-corrected chi connectivity index (χ0v) is 22.0. The van der Waals surface area contributed by atoms with E-state index in [0.717, 1.165) is 42.4 Å². The van der Waals surface area contributed by atoms with E-state index in [0.29, 0.717) is 12.8 Å². The molecular weight excluding hydrogens is 456 g/mol. The van der Waals surface area contributed by atoms with E-state index < -0.39 is 41.7 Å². The smallest absolute Gasteiger partial charge is 0.334 e. The number of aliphatic hydroxyl groups is 2. The molecule has 4 aliphatic rings. The number of carbonyl (C=O) groups excluding carboxylic acids is 2. The predicted molar refractivity (Wildman–Crippen MR) is 138 cm³/mol. The molecule has 36 heavy (non-hydrogen) atoms. The fourth-order valence-corrected chi connectivity index (χ4v) is 6.38. The van der Waals surface area contributed by atoms with Crippen molar-refractivity contribution in [2.75, 3.05) is 0 Å². The van der Waals surface area contributed by atoms with Crippen molar-refractivity contribution in [3.05, 3.63) is 58.7 Å². The van der Waals surface area contributed by atoms with Crippen molar-refractivity contribution < 1.29 is 29.3 Å². The lowest BCUT2D eigenvalue weighted by Gasteiger charge is -2.40. The van der Waals surface area contributed by atoms with Gasteiger partial charge >= 0.3 is 11.9 Å². The van der Waals surface area contributed by atoms with E-state index in [1.807, 2.05) is 32.9 Å². The van der Waals surface area contributed by atoms with Crippen LogP contribution in [0.1, 0.15) is 72.6 Å². The van der Waals surface area contributed by atoms with Gasteiger partial charge in [-0.25, -0.2) is 4.79 Å². The number of rotatable bonds is 2. The first kappa shape index (κ1) is 26.6. The number of aliphatic hydroxyl groups excluding tert-OH is 2. The average Bonchev–Trinajstić information content (AvgIpc) is 3.25. The van der Waals surface area contributed by atoms with E-state index in [2.05, 4.69) is 19.6 Å². The predicted octanol–water partition coefficient (Wildman–Crippen LogP) is 4.88. The van der Waals surface area contributed by atoms with Crippen LogP contribution in [0.5, 0.6) is 0 Å². The third-order valence-electron chi connectivity index (χ3n) is 8.63. The zero-order chi connectivity index (χ0) is 26.2. The summed E-state index contributed by atoms with van der Waals surface area (Å²) in [6, 6.07) is 0. The van der Waals surface area contributed by atoms with Gasteiger partial charge in [0.2, 0.25) is 0 Å². The third kappa shape index (κ3) is 5.30. The van der Waals surface area contributed by atoms with Crippen LogP contribution >= 0.6 is 0 Å². The molecule has 7 atom stereocenters. The maximum absolute atomic E-state index is 12.7. The Bertz CT molecular complexity index is 1050. The van der Waals surface area contributed by atoms with Gasteiger partial charge in [0.05, 0.1) is 24.5 Å². The number of esters is 2. The van der Waals surface area contributed by atoms with Crippen molar-refractivity contribution in [2.24, 2.45) is 17.3 Å². The summed E-state index contributed by atoms with van der Waals surface area (Å²) >= 11 is 0.